The number of hydrogen-bond acceptors (Lipinski definition) is 0. The van der Waals surface area contributed by atoms with E-state index in [1.54, 1.807) is 22.3 Å². The predicted molar refractivity (Wildman–Crippen MR) is 141 cm³/mol. The van der Waals surface area contributed by atoms with E-state index < -0.39 is 0 Å². The molecular formula is C33H40. The summed E-state index contributed by atoms with van der Waals surface area (Å²) < 4.78 is 0. The van der Waals surface area contributed by atoms with Gasteiger partial charge in [-0.15, -0.1) is 0 Å². The Hall–Kier alpha value is -2.08. The molecule has 3 atom stereocenters. The van der Waals surface area contributed by atoms with Gasteiger partial charge < -0.3 is 0 Å². The molecule has 0 heterocycles. The number of benzene rings is 2. The summed E-state index contributed by atoms with van der Waals surface area (Å²) in [4.78, 5) is 0. The van der Waals surface area contributed by atoms with Gasteiger partial charge >= 0.3 is 0 Å². The molecule has 6 rings (SSSR count). The molecule has 0 saturated heterocycles. The molecule has 0 heteroatoms. The smallest absolute Gasteiger partial charge is 0.0173 e. The molecule has 0 aliphatic heterocycles. The topological polar surface area (TPSA) is 0 Å². The van der Waals surface area contributed by atoms with E-state index in [2.05, 4.69) is 90.1 Å². The molecule has 0 spiro atoms. The third kappa shape index (κ3) is 3.23. The molecule has 172 valence electrons. The Morgan fingerprint density at radius 1 is 0.727 bits per heavy atom. The highest BCUT2D eigenvalue weighted by atomic mass is 14.5. The maximum absolute atomic E-state index is 2.54. The molecule has 1 saturated carbocycles. The lowest BCUT2D eigenvalue weighted by Gasteiger charge is -2.35. The molecule has 0 bridgehead atoms. The second-order valence-corrected chi connectivity index (χ2v) is 13.2. The van der Waals surface area contributed by atoms with E-state index >= 15 is 0 Å². The monoisotopic (exact) mass is 436 g/mol. The Labute approximate surface area is 201 Å². The van der Waals surface area contributed by atoms with Crippen molar-refractivity contribution >= 4 is 0 Å². The molecule has 1 fully saturated rings. The van der Waals surface area contributed by atoms with Crippen LogP contribution in [0.5, 0.6) is 0 Å². The van der Waals surface area contributed by atoms with E-state index in [-0.39, 0.29) is 10.8 Å². The van der Waals surface area contributed by atoms with Gasteiger partial charge in [0.25, 0.3) is 0 Å². The first-order valence-electron chi connectivity index (χ1n) is 13.3. The van der Waals surface area contributed by atoms with Crippen LogP contribution in [0.25, 0.3) is 11.1 Å². The largest absolute Gasteiger partial charge is 0.0802 e. The van der Waals surface area contributed by atoms with E-state index in [1.165, 1.54) is 54.4 Å². The van der Waals surface area contributed by atoms with Gasteiger partial charge in [-0.2, -0.15) is 0 Å². The van der Waals surface area contributed by atoms with Gasteiger partial charge in [0, 0.05) is 5.92 Å². The van der Waals surface area contributed by atoms with E-state index in [0.29, 0.717) is 11.8 Å². The highest BCUT2D eigenvalue weighted by molar-refractivity contribution is 5.81. The molecule has 2 aromatic carbocycles. The first-order valence-corrected chi connectivity index (χ1v) is 13.3. The van der Waals surface area contributed by atoms with Crippen molar-refractivity contribution in [3.8, 4) is 11.1 Å². The molecule has 33 heavy (non-hydrogen) atoms. The van der Waals surface area contributed by atoms with Crippen molar-refractivity contribution in [3.05, 3.63) is 82.0 Å². The summed E-state index contributed by atoms with van der Waals surface area (Å²) in [5.41, 5.74) is 13.0. The number of hydrogen-bond donors (Lipinski definition) is 0. The summed E-state index contributed by atoms with van der Waals surface area (Å²) in [6.45, 7) is 14.1. The Kier molecular flexibility index (Phi) is 4.69. The average Bonchev–Trinajstić information content (AvgIpc) is 3.43. The van der Waals surface area contributed by atoms with Gasteiger partial charge in [-0.25, -0.2) is 0 Å². The summed E-state index contributed by atoms with van der Waals surface area (Å²) in [6, 6.07) is 14.9. The van der Waals surface area contributed by atoms with Crippen LogP contribution in [0.2, 0.25) is 0 Å². The normalized spacial score (nSPS) is 26.4. The molecule has 2 aromatic rings. The van der Waals surface area contributed by atoms with Crippen LogP contribution in [0.3, 0.4) is 0 Å². The summed E-state index contributed by atoms with van der Waals surface area (Å²) in [7, 11) is 0. The van der Waals surface area contributed by atoms with Crippen molar-refractivity contribution in [1.82, 2.24) is 0 Å². The molecule has 0 nitrogen and oxygen atoms in total. The summed E-state index contributed by atoms with van der Waals surface area (Å²) in [5.74, 6) is 2.84. The molecular weight excluding hydrogens is 396 g/mol. The van der Waals surface area contributed by atoms with Gasteiger partial charge in [-0.3, -0.25) is 0 Å². The van der Waals surface area contributed by atoms with Gasteiger partial charge in [0.2, 0.25) is 0 Å². The maximum atomic E-state index is 2.54. The molecule has 0 radical (unpaired) electrons. The minimum absolute atomic E-state index is 0.167. The SMILES string of the molecule is CC(C)(C)c1ccc2c(c1)-c1cc(C(C)(C)C)ccc1C2C1C2=C(CC=C2)C2CCCCC21. The predicted octanol–water partition coefficient (Wildman–Crippen LogP) is 9.09. The van der Waals surface area contributed by atoms with Crippen LogP contribution in [-0.4, -0.2) is 0 Å². The van der Waals surface area contributed by atoms with Crippen molar-refractivity contribution < 1.29 is 0 Å². The van der Waals surface area contributed by atoms with Crippen LogP contribution < -0.4 is 0 Å². The lowest BCUT2D eigenvalue weighted by Crippen LogP contribution is -2.26. The van der Waals surface area contributed by atoms with Gasteiger partial charge in [-0.05, 0) is 86.8 Å². The fraction of sp³-hybridized carbons (Fsp3) is 0.515. The molecule has 0 aromatic heterocycles. The summed E-state index contributed by atoms with van der Waals surface area (Å²) in [6.07, 6.45) is 11.9. The Morgan fingerprint density at radius 3 is 1.88 bits per heavy atom. The second kappa shape index (κ2) is 7.21. The number of rotatable bonds is 1. The van der Waals surface area contributed by atoms with Gasteiger partial charge in [-0.1, -0.05) is 109 Å². The van der Waals surface area contributed by atoms with Crippen LogP contribution in [0, 0.1) is 17.8 Å². The minimum atomic E-state index is 0.167. The Bertz CT molecular complexity index is 1110. The maximum Gasteiger partial charge on any atom is 0.0173 e. The molecule has 4 aliphatic carbocycles. The molecule has 4 aliphatic rings. The Morgan fingerprint density at radius 2 is 1.30 bits per heavy atom. The van der Waals surface area contributed by atoms with E-state index in [1.807, 2.05) is 0 Å². The van der Waals surface area contributed by atoms with E-state index in [9.17, 15) is 0 Å². The van der Waals surface area contributed by atoms with Gasteiger partial charge in [0.1, 0.15) is 0 Å². The van der Waals surface area contributed by atoms with Crippen molar-refractivity contribution in [2.45, 2.75) is 90.4 Å². The fourth-order valence-electron chi connectivity index (χ4n) is 7.52. The highest BCUT2D eigenvalue weighted by Gasteiger charge is 2.49. The number of allylic oxidation sites excluding steroid dienone is 4. The van der Waals surface area contributed by atoms with E-state index in [0.717, 1.165) is 11.8 Å². The van der Waals surface area contributed by atoms with Gasteiger partial charge in [0.15, 0.2) is 0 Å². The van der Waals surface area contributed by atoms with Crippen molar-refractivity contribution in [2.75, 3.05) is 0 Å². The van der Waals surface area contributed by atoms with Crippen molar-refractivity contribution in [2.24, 2.45) is 17.8 Å². The van der Waals surface area contributed by atoms with Crippen LogP contribution in [0.1, 0.15) is 102 Å². The zero-order valence-electron chi connectivity index (χ0n) is 21.5. The minimum Gasteiger partial charge on any atom is -0.0802 e. The quantitative estimate of drug-likeness (QED) is 0.418. The fourth-order valence-corrected chi connectivity index (χ4v) is 7.52. The zero-order chi connectivity index (χ0) is 23.1. The lowest BCUT2D eigenvalue weighted by molar-refractivity contribution is 0.224. The highest BCUT2D eigenvalue weighted by Crippen LogP contribution is 2.61. The van der Waals surface area contributed by atoms with Crippen LogP contribution >= 0.6 is 0 Å². The third-order valence-electron chi connectivity index (χ3n) is 9.25. The van der Waals surface area contributed by atoms with Crippen molar-refractivity contribution in [1.29, 1.82) is 0 Å². The Balaban J connectivity index is 1.56. The van der Waals surface area contributed by atoms with Crippen LogP contribution in [0.15, 0.2) is 59.7 Å². The van der Waals surface area contributed by atoms with Crippen LogP contribution in [-0.2, 0) is 10.8 Å². The summed E-state index contributed by atoms with van der Waals surface area (Å²) >= 11 is 0. The first-order chi connectivity index (χ1) is 15.6. The first kappa shape index (κ1) is 21.5. The van der Waals surface area contributed by atoms with Crippen molar-refractivity contribution in [3.63, 3.8) is 0 Å². The third-order valence-corrected chi connectivity index (χ3v) is 9.25. The standard InChI is InChI=1S/C33H40/c1-32(2,3)20-14-16-26-28(18-20)29-19-21(33(4,5)6)15-17-27(29)31(26)30-24-11-8-7-10-22(24)23-12-9-13-25(23)30/h9,13-19,22,24,30-31H,7-8,10-12H2,1-6H3. The molecule has 3 unspecified atom stereocenters. The molecule has 0 N–H and O–H groups in total. The van der Waals surface area contributed by atoms with Crippen LogP contribution in [0.4, 0.5) is 0 Å². The number of fused-ring (bicyclic) bond motifs is 5. The molecule has 0 amide bonds. The average molecular weight is 437 g/mol. The lowest BCUT2D eigenvalue weighted by atomic mass is 9.68. The second-order valence-electron chi connectivity index (χ2n) is 13.2. The van der Waals surface area contributed by atoms with Gasteiger partial charge in [0.05, 0.1) is 0 Å². The summed E-state index contributed by atoms with van der Waals surface area (Å²) in [5, 5.41) is 0. The van der Waals surface area contributed by atoms with E-state index in [4.69, 9.17) is 0 Å². The zero-order valence-corrected chi connectivity index (χ0v) is 21.5.